The van der Waals surface area contributed by atoms with Gasteiger partial charge in [0.2, 0.25) is 5.91 Å². The molecule has 4 nitrogen and oxygen atoms in total. The Morgan fingerprint density at radius 2 is 2.60 bits per heavy atom. The van der Waals surface area contributed by atoms with E-state index in [1.165, 1.54) is 0 Å². The van der Waals surface area contributed by atoms with Gasteiger partial charge in [-0.2, -0.15) is 0 Å². The zero-order valence-electron chi connectivity index (χ0n) is 8.99. The molecular formula is C11H17N3O. The summed E-state index contributed by atoms with van der Waals surface area (Å²) in [5.74, 6) is 0.119. The third kappa shape index (κ3) is 2.39. The number of nitrogens with zero attached hydrogens (tertiary/aromatic N) is 1. The van der Waals surface area contributed by atoms with Gasteiger partial charge in [-0.05, 0) is 31.5 Å². The van der Waals surface area contributed by atoms with Crippen LogP contribution in [0, 0.1) is 0 Å². The zero-order chi connectivity index (χ0) is 10.7. The summed E-state index contributed by atoms with van der Waals surface area (Å²) < 4.78 is 2.02. The lowest BCUT2D eigenvalue weighted by atomic mass is 10.2. The van der Waals surface area contributed by atoms with Crippen molar-refractivity contribution in [1.82, 2.24) is 15.2 Å². The van der Waals surface area contributed by atoms with Crippen molar-refractivity contribution in [3.63, 3.8) is 0 Å². The van der Waals surface area contributed by atoms with Gasteiger partial charge in [0.15, 0.2) is 0 Å². The lowest BCUT2D eigenvalue weighted by Crippen LogP contribution is -2.40. The second-order valence-corrected chi connectivity index (χ2v) is 3.98. The fourth-order valence-electron chi connectivity index (χ4n) is 1.89. The summed E-state index contributed by atoms with van der Waals surface area (Å²) in [5, 5.41) is 6.13. The molecule has 2 rings (SSSR count). The normalized spacial score (nSPS) is 20.5. The van der Waals surface area contributed by atoms with Crippen LogP contribution in [0.25, 0.3) is 0 Å². The van der Waals surface area contributed by atoms with Crippen LogP contribution in [0.3, 0.4) is 0 Å². The SMILES string of the molecule is Cn1cccc1CNC(=O)[C@@H]1CCCN1. The largest absolute Gasteiger partial charge is 0.353 e. The van der Waals surface area contributed by atoms with Gasteiger partial charge in [-0.3, -0.25) is 4.79 Å². The molecule has 0 aromatic carbocycles. The van der Waals surface area contributed by atoms with E-state index in [9.17, 15) is 4.79 Å². The first-order valence-corrected chi connectivity index (χ1v) is 5.38. The molecule has 0 saturated carbocycles. The molecule has 0 radical (unpaired) electrons. The first-order valence-electron chi connectivity index (χ1n) is 5.38. The van der Waals surface area contributed by atoms with Crippen LogP contribution >= 0.6 is 0 Å². The Balaban J connectivity index is 1.83. The van der Waals surface area contributed by atoms with E-state index in [4.69, 9.17) is 0 Å². The standard InChI is InChI=1S/C11H17N3O/c1-14-7-3-4-9(14)8-13-11(15)10-5-2-6-12-10/h3-4,7,10,12H,2,5-6,8H2,1H3,(H,13,15)/t10-/m0/s1. The fourth-order valence-corrected chi connectivity index (χ4v) is 1.89. The zero-order valence-corrected chi connectivity index (χ0v) is 8.99. The van der Waals surface area contributed by atoms with Gasteiger partial charge in [-0.1, -0.05) is 0 Å². The van der Waals surface area contributed by atoms with E-state index in [2.05, 4.69) is 10.6 Å². The molecule has 0 aliphatic carbocycles. The van der Waals surface area contributed by atoms with Gasteiger partial charge in [-0.15, -0.1) is 0 Å². The highest BCUT2D eigenvalue weighted by atomic mass is 16.2. The van der Waals surface area contributed by atoms with Crippen LogP contribution in [0.15, 0.2) is 18.3 Å². The molecule has 1 aromatic heterocycles. The van der Waals surface area contributed by atoms with Crippen LogP contribution in [0.4, 0.5) is 0 Å². The average Bonchev–Trinajstić information content (AvgIpc) is 2.85. The van der Waals surface area contributed by atoms with Crippen LogP contribution in [0.1, 0.15) is 18.5 Å². The van der Waals surface area contributed by atoms with Crippen LogP contribution in [-0.2, 0) is 18.4 Å². The van der Waals surface area contributed by atoms with Crippen LogP contribution in [0.2, 0.25) is 0 Å². The van der Waals surface area contributed by atoms with E-state index in [1.807, 2.05) is 29.9 Å². The van der Waals surface area contributed by atoms with Crippen molar-refractivity contribution in [2.45, 2.75) is 25.4 Å². The number of amides is 1. The summed E-state index contributed by atoms with van der Waals surface area (Å²) in [6, 6.07) is 4.02. The molecular weight excluding hydrogens is 190 g/mol. The van der Waals surface area contributed by atoms with E-state index >= 15 is 0 Å². The summed E-state index contributed by atoms with van der Waals surface area (Å²) in [6.07, 6.45) is 4.04. The number of nitrogens with one attached hydrogen (secondary N) is 2. The van der Waals surface area contributed by atoms with Crippen molar-refractivity contribution < 1.29 is 4.79 Å². The molecule has 1 aliphatic heterocycles. The Hall–Kier alpha value is -1.29. The van der Waals surface area contributed by atoms with Crippen molar-refractivity contribution in [2.24, 2.45) is 7.05 Å². The third-order valence-corrected chi connectivity index (χ3v) is 2.87. The maximum absolute atomic E-state index is 11.7. The summed E-state index contributed by atoms with van der Waals surface area (Å²) in [7, 11) is 1.98. The minimum atomic E-state index is 0.0188. The lowest BCUT2D eigenvalue weighted by Gasteiger charge is -2.11. The first-order chi connectivity index (χ1) is 7.27. The Morgan fingerprint density at radius 3 is 3.20 bits per heavy atom. The number of hydrogen-bond acceptors (Lipinski definition) is 2. The second-order valence-electron chi connectivity index (χ2n) is 3.98. The Bertz CT molecular complexity index is 339. The first kappa shape index (κ1) is 10.2. The average molecular weight is 207 g/mol. The van der Waals surface area contributed by atoms with Gasteiger partial charge in [0.1, 0.15) is 0 Å². The van der Waals surface area contributed by atoms with Crippen molar-refractivity contribution >= 4 is 5.91 Å². The van der Waals surface area contributed by atoms with Gasteiger partial charge in [0, 0.05) is 18.9 Å². The third-order valence-electron chi connectivity index (χ3n) is 2.87. The molecule has 1 amide bonds. The van der Waals surface area contributed by atoms with Crippen LogP contribution < -0.4 is 10.6 Å². The Kier molecular flexibility index (Phi) is 3.06. The van der Waals surface area contributed by atoms with Crippen molar-refractivity contribution in [2.75, 3.05) is 6.54 Å². The lowest BCUT2D eigenvalue weighted by molar-refractivity contribution is -0.122. The molecule has 4 heteroatoms. The monoisotopic (exact) mass is 207 g/mol. The molecule has 15 heavy (non-hydrogen) atoms. The topological polar surface area (TPSA) is 46.1 Å². The molecule has 0 spiro atoms. The van der Waals surface area contributed by atoms with Gasteiger partial charge in [-0.25, -0.2) is 0 Å². The molecule has 2 heterocycles. The highest BCUT2D eigenvalue weighted by Gasteiger charge is 2.21. The predicted octanol–water partition coefficient (Wildman–Crippen LogP) is 0.393. The van der Waals surface area contributed by atoms with Gasteiger partial charge in [0.05, 0.1) is 12.6 Å². The molecule has 1 atom stereocenters. The number of hydrogen-bond donors (Lipinski definition) is 2. The minimum Gasteiger partial charge on any atom is -0.353 e. The smallest absolute Gasteiger partial charge is 0.237 e. The molecule has 1 aliphatic rings. The highest BCUT2D eigenvalue weighted by molar-refractivity contribution is 5.81. The van der Waals surface area contributed by atoms with Crippen molar-refractivity contribution in [1.29, 1.82) is 0 Å². The number of aryl methyl sites for hydroxylation is 1. The summed E-state index contributed by atoms with van der Waals surface area (Å²) >= 11 is 0. The van der Waals surface area contributed by atoms with E-state index in [0.29, 0.717) is 6.54 Å². The van der Waals surface area contributed by atoms with E-state index < -0.39 is 0 Å². The molecule has 0 bridgehead atoms. The number of rotatable bonds is 3. The quantitative estimate of drug-likeness (QED) is 0.753. The molecule has 82 valence electrons. The van der Waals surface area contributed by atoms with E-state index in [-0.39, 0.29) is 11.9 Å². The van der Waals surface area contributed by atoms with Gasteiger partial charge in [0.25, 0.3) is 0 Å². The highest BCUT2D eigenvalue weighted by Crippen LogP contribution is 2.05. The fraction of sp³-hybridized carbons (Fsp3) is 0.545. The maximum Gasteiger partial charge on any atom is 0.237 e. The number of carbonyl (C=O) groups is 1. The van der Waals surface area contributed by atoms with Gasteiger partial charge < -0.3 is 15.2 Å². The van der Waals surface area contributed by atoms with Gasteiger partial charge >= 0.3 is 0 Å². The summed E-state index contributed by atoms with van der Waals surface area (Å²) in [6.45, 7) is 1.57. The molecule has 2 N–H and O–H groups in total. The Labute approximate surface area is 89.7 Å². The molecule has 0 unspecified atom stereocenters. The summed E-state index contributed by atoms with van der Waals surface area (Å²) in [5.41, 5.74) is 1.13. The van der Waals surface area contributed by atoms with E-state index in [1.54, 1.807) is 0 Å². The minimum absolute atomic E-state index is 0.0188. The summed E-state index contributed by atoms with van der Waals surface area (Å²) in [4.78, 5) is 11.7. The second kappa shape index (κ2) is 4.49. The van der Waals surface area contributed by atoms with Crippen LogP contribution in [0.5, 0.6) is 0 Å². The van der Waals surface area contributed by atoms with Crippen molar-refractivity contribution in [3.8, 4) is 0 Å². The number of carbonyl (C=O) groups excluding carboxylic acids is 1. The molecule has 1 aromatic rings. The maximum atomic E-state index is 11.7. The molecule has 1 fully saturated rings. The molecule has 1 saturated heterocycles. The Morgan fingerprint density at radius 1 is 1.73 bits per heavy atom. The van der Waals surface area contributed by atoms with Crippen LogP contribution in [-0.4, -0.2) is 23.1 Å². The van der Waals surface area contributed by atoms with E-state index in [0.717, 1.165) is 25.1 Å². The number of aromatic nitrogens is 1. The van der Waals surface area contributed by atoms with Crippen molar-refractivity contribution in [3.05, 3.63) is 24.0 Å². The predicted molar refractivity (Wildman–Crippen MR) is 58.3 cm³/mol.